The van der Waals surface area contributed by atoms with E-state index in [4.69, 9.17) is 5.73 Å². The monoisotopic (exact) mass is 261 g/mol. The minimum Gasteiger partial charge on any atom is -0.366 e. The zero-order valence-electron chi connectivity index (χ0n) is 10.8. The van der Waals surface area contributed by atoms with Crippen LogP contribution in [0.25, 0.3) is 0 Å². The fraction of sp³-hybridized carbons (Fsp3) is 0.429. The lowest BCUT2D eigenvalue weighted by Gasteiger charge is -2.15. The van der Waals surface area contributed by atoms with E-state index in [0.29, 0.717) is 11.3 Å². The van der Waals surface area contributed by atoms with Gasteiger partial charge in [-0.05, 0) is 43.7 Å². The van der Waals surface area contributed by atoms with Crippen molar-refractivity contribution in [2.75, 3.05) is 11.9 Å². The second kappa shape index (κ2) is 6.33. The first-order chi connectivity index (χ1) is 9.16. The van der Waals surface area contributed by atoms with Crippen LogP contribution in [0.1, 0.15) is 36.0 Å². The molecule has 5 heteroatoms. The Hall–Kier alpha value is -1.88. The first-order valence-electron chi connectivity index (χ1n) is 6.61. The summed E-state index contributed by atoms with van der Waals surface area (Å²) in [5.41, 5.74) is 6.28. The van der Waals surface area contributed by atoms with Gasteiger partial charge in [-0.2, -0.15) is 0 Å². The van der Waals surface area contributed by atoms with E-state index in [1.165, 1.54) is 6.42 Å². The molecule has 19 heavy (non-hydrogen) atoms. The fourth-order valence-corrected chi connectivity index (χ4v) is 2.20. The van der Waals surface area contributed by atoms with Gasteiger partial charge in [-0.3, -0.25) is 9.59 Å². The van der Waals surface area contributed by atoms with Gasteiger partial charge in [0.05, 0.1) is 6.04 Å². The molecule has 1 atom stereocenters. The van der Waals surface area contributed by atoms with Crippen LogP contribution in [0.15, 0.2) is 24.3 Å². The third kappa shape index (κ3) is 3.79. The molecule has 102 valence electrons. The van der Waals surface area contributed by atoms with Crippen LogP contribution in [-0.2, 0) is 4.79 Å². The highest BCUT2D eigenvalue weighted by Gasteiger charge is 2.19. The van der Waals surface area contributed by atoms with Crippen LogP contribution in [0.5, 0.6) is 0 Å². The van der Waals surface area contributed by atoms with Crippen LogP contribution in [0, 0.1) is 0 Å². The minimum absolute atomic E-state index is 0.0197. The summed E-state index contributed by atoms with van der Waals surface area (Å²) in [6.07, 6.45) is 4.23. The first-order valence-corrected chi connectivity index (χ1v) is 6.61. The molecule has 0 spiro atoms. The van der Waals surface area contributed by atoms with Crippen LogP contribution in [0.2, 0.25) is 0 Å². The molecular formula is C14H19N3O2. The zero-order valence-corrected chi connectivity index (χ0v) is 10.8. The Morgan fingerprint density at radius 2 is 1.89 bits per heavy atom. The number of carbonyl (C=O) groups is 2. The molecule has 4 N–H and O–H groups in total. The highest BCUT2D eigenvalue weighted by molar-refractivity contribution is 5.96. The number of nitrogens with two attached hydrogens (primary N) is 1. The average molecular weight is 261 g/mol. The van der Waals surface area contributed by atoms with Crippen molar-refractivity contribution in [1.29, 1.82) is 0 Å². The second-order valence-electron chi connectivity index (χ2n) is 4.79. The molecule has 1 aromatic carbocycles. The van der Waals surface area contributed by atoms with Crippen LogP contribution in [0.4, 0.5) is 5.69 Å². The van der Waals surface area contributed by atoms with E-state index < -0.39 is 5.91 Å². The molecule has 0 aliphatic carbocycles. The molecule has 0 radical (unpaired) electrons. The van der Waals surface area contributed by atoms with E-state index in [0.717, 1.165) is 25.8 Å². The Kier molecular flexibility index (Phi) is 4.52. The highest BCUT2D eigenvalue weighted by atomic mass is 16.2. The van der Waals surface area contributed by atoms with E-state index in [1.807, 2.05) is 0 Å². The first kappa shape index (κ1) is 13.5. The Labute approximate surface area is 112 Å². The van der Waals surface area contributed by atoms with Gasteiger partial charge in [0.25, 0.3) is 0 Å². The maximum atomic E-state index is 12.1. The van der Waals surface area contributed by atoms with E-state index in [-0.39, 0.29) is 11.9 Å². The lowest BCUT2D eigenvalue weighted by molar-refractivity contribution is -0.118. The van der Waals surface area contributed by atoms with Crippen LogP contribution in [-0.4, -0.2) is 24.4 Å². The summed E-state index contributed by atoms with van der Waals surface area (Å²) < 4.78 is 0. The van der Waals surface area contributed by atoms with E-state index in [2.05, 4.69) is 10.6 Å². The second-order valence-corrected chi connectivity index (χ2v) is 4.79. The average Bonchev–Trinajstić information content (AvgIpc) is 2.68. The number of amides is 2. The van der Waals surface area contributed by atoms with Gasteiger partial charge >= 0.3 is 0 Å². The van der Waals surface area contributed by atoms with Gasteiger partial charge in [0.15, 0.2) is 0 Å². The number of hydrogen-bond acceptors (Lipinski definition) is 3. The molecule has 2 amide bonds. The van der Waals surface area contributed by atoms with Gasteiger partial charge < -0.3 is 16.4 Å². The van der Waals surface area contributed by atoms with Crippen LogP contribution < -0.4 is 16.4 Å². The lowest BCUT2D eigenvalue weighted by Crippen LogP contribution is -2.39. The van der Waals surface area contributed by atoms with Gasteiger partial charge in [0.1, 0.15) is 0 Å². The minimum atomic E-state index is -0.469. The molecule has 2 rings (SSSR count). The van der Waals surface area contributed by atoms with Crippen molar-refractivity contribution < 1.29 is 9.59 Å². The standard InChI is InChI=1S/C14H19N3O2/c15-13(18)10-5-7-11(8-6-10)17-14(19)12-4-2-1-3-9-16-12/h5-8,12,16H,1-4,9H2,(H2,15,18)(H,17,19). The maximum absolute atomic E-state index is 12.1. The lowest BCUT2D eigenvalue weighted by atomic mass is 10.1. The molecule has 1 unspecified atom stereocenters. The number of hydrogen-bond donors (Lipinski definition) is 3. The number of rotatable bonds is 3. The third-order valence-electron chi connectivity index (χ3n) is 3.31. The predicted octanol–water partition coefficient (Wildman–Crippen LogP) is 1.26. The number of nitrogens with one attached hydrogen (secondary N) is 2. The third-order valence-corrected chi connectivity index (χ3v) is 3.31. The van der Waals surface area contributed by atoms with Gasteiger partial charge in [0.2, 0.25) is 11.8 Å². The Balaban J connectivity index is 1.95. The van der Waals surface area contributed by atoms with Crippen LogP contribution in [0.3, 0.4) is 0 Å². The zero-order chi connectivity index (χ0) is 13.7. The molecule has 1 aromatic rings. The van der Waals surface area contributed by atoms with E-state index >= 15 is 0 Å². The predicted molar refractivity (Wildman–Crippen MR) is 73.8 cm³/mol. The molecule has 1 aliphatic heterocycles. The quantitative estimate of drug-likeness (QED) is 0.765. The number of carbonyl (C=O) groups excluding carboxylic acids is 2. The van der Waals surface area contributed by atoms with E-state index in [1.54, 1.807) is 24.3 Å². The van der Waals surface area contributed by atoms with Gasteiger partial charge in [-0.15, -0.1) is 0 Å². The number of anilines is 1. The Morgan fingerprint density at radius 1 is 1.16 bits per heavy atom. The van der Waals surface area contributed by atoms with Crippen molar-refractivity contribution in [1.82, 2.24) is 5.32 Å². The summed E-state index contributed by atoms with van der Waals surface area (Å²) in [7, 11) is 0. The molecular weight excluding hydrogens is 242 g/mol. The topological polar surface area (TPSA) is 84.2 Å². The van der Waals surface area contributed by atoms with Crippen molar-refractivity contribution in [2.45, 2.75) is 31.7 Å². The molecule has 1 fully saturated rings. The summed E-state index contributed by atoms with van der Waals surface area (Å²) in [5, 5.41) is 6.10. The summed E-state index contributed by atoms with van der Waals surface area (Å²) in [6.45, 7) is 0.888. The van der Waals surface area contributed by atoms with Crippen molar-refractivity contribution in [3.63, 3.8) is 0 Å². The summed E-state index contributed by atoms with van der Waals surface area (Å²) >= 11 is 0. The fourth-order valence-electron chi connectivity index (χ4n) is 2.20. The number of benzene rings is 1. The SMILES string of the molecule is NC(=O)c1ccc(NC(=O)C2CCCCCN2)cc1. The normalized spacial score (nSPS) is 19.5. The summed E-state index contributed by atoms with van der Waals surface area (Å²) in [5.74, 6) is -0.489. The highest BCUT2D eigenvalue weighted by Crippen LogP contribution is 2.13. The van der Waals surface area contributed by atoms with Gasteiger partial charge in [-0.25, -0.2) is 0 Å². The van der Waals surface area contributed by atoms with Gasteiger partial charge in [0, 0.05) is 11.3 Å². The summed E-state index contributed by atoms with van der Waals surface area (Å²) in [4.78, 5) is 23.0. The maximum Gasteiger partial charge on any atom is 0.248 e. The molecule has 1 aliphatic rings. The molecule has 0 saturated carbocycles. The molecule has 5 nitrogen and oxygen atoms in total. The smallest absolute Gasteiger partial charge is 0.248 e. The molecule has 0 bridgehead atoms. The Bertz CT molecular complexity index is 448. The molecule has 1 saturated heterocycles. The Morgan fingerprint density at radius 3 is 2.58 bits per heavy atom. The van der Waals surface area contributed by atoms with Crippen molar-refractivity contribution in [3.05, 3.63) is 29.8 Å². The molecule has 0 aromatic heterocycles. The van der Waals surface area contributed by atoms with Crippen molar-refractivity contribution >= 4 is 17.5 Å². The van der Waals surface area contributed by atoms with Crippen molar-refractivity contribution in [3.8, 4) is 0 Å². The van der Waals surface area contributed by atoms with Crippen molar-refractivity contribution in [2.24, 2.45) is 5.73 Å². The van der Waals surface area contributed by atoms with E-state index in [9.17, 15) is 9.59 Å². The largest absolute Gasteiger partial charge is 0.366 e. The summed E-state index contributed by atoms with van der Waals surface area (Å²) in [6, 6.07) is 6.47. The van der Waals surface area contributed by atoms with Gasteiger partial charge in [-0.1, -0.05) is 12.8 Å². The van der Waals surface area contributed by atoms with Crippen LogP contribution >= 0.6 is 0 Å². The number of primary amides is 1. The molecule has 1 heterocycles.